The highest BCUT2D eigenvalue weighted by atomic mass is 16.1. The van der Waals surface area contributed by atoms with Crippen LogP contribution in [0, 0.1) is 23.7 Å². The molecule has 0 spiro atoms. The molecule has 1 aromatic carbocycles. The largest absolute Gasteiger partial charge is 0.349 e. The molecule has 0 bridgehead atoms. The van der Waals surface area contributed by atoms with Gasteiger partial charge in [0.05, 0.1) is 12.6 Å². The highest BCUT2D eigenvalue weighted by Crippen LogP contribution is 2.31. The van der Waals surface area contributed by atoms with E-state index in [1.54, 1.807) is 0 Å². The third kappa shape index (κ3) is 4.09. The Balaban J connectivity index is 1.96. The molecule has 112 valence electrons. The molecule has 3 nitrogen and oxygen atoms in total. The van der Waals surface area contributed by atoms with Crippen LogP contribution in [0.2, 0.25) is 0 Å². The molecule has 3 heteroatoms. The van der Waals surface area contributed by atoms with Crippen LogP contribution in [0.15, 0.2) is 24.3 Å². The van der Waals surface area contributed by atoms with Crippen LogP contribution >= 0.6 is 0 Å². The van der Waals surface area contributed by atoms with Crippen LogP contribution < -0.4 is 11.1 Å². The number of carbonyl (C=O) groups is 1. The van der Waals surface area contributed by atoms with Crippen LogP contribution in [0.3, 0.4) is 0 Å². The van der Waals surface area contributed by atoms with Crippen molar-refractivity contribution in [1.29, 1.82) is 0 Å². The van der Waals surface area contributed by atoms with E-state index in [-0.39, 0.29) is 17.9 Å². The van der Waals surface area contributed by atoms with Gasteiger partial charge in [0.15, 0.2) is 0 Å². The summed E-state index contributed by atoms with van der Waals surface area (Å²) in [5.74, 6) is 6.72. The van der Waals surface area contributed by atoms with Crippen molar-refractivity contribution in [1.82, 2.24) is 5.32 Å². The molecule has 1 fully saturated rings. The molecule has 21 heavy (non-hydrogen) atoms. The Kier molecular flexibility index (Phi) is 5.41. The van der Waals surface area contributed by atoms with Gasteiger partial charge in [-0.2, -0.15) is 0 Å². The van der Waals surface area contributed by atoms with E-state index in [1.807, 2.05) is 31.2 Å². The predicted octanol–water partition coefficient (Wildman–Crippen LogP) is 2.61. The van der Waals surface area contributed by atoms with Crippen molar-refractivity contribution in [3.05, 3.63) is 35.4 Å². The SMILES string of the molecule is CC(NC(=O)C1CCCC1C)c1ccc(C#CCN)cc1. The van der Waals surface area contributed by atoms with Gasteiger partial charge in [0, 0.05) is 11.5 Å². The van der Waals surface area contributed by atoms with Gasteiger partial charge in [-0.3, -0.25) is 4.79 Å². The summed E-state index contributed by atoms with van der Waals surface area (Å²) in [5, 5.41) is 3.14. The van der Waals surface area contributed by atoms with E-state index in [0.29, 0.717) is 12.5 Å². The first-order valence-electron chi connectivity index (χ1n) is 7.71. The monoisotopic (exact) mass is 284 g/mol. The molecule has 1 aromatic rings. The third-order valence-electron chi connectivity index (χ3n) is 4.30. The fourth-order valence-electron chi connectivity index (χ4n) is 2.95. The van der Waals surface area contributed by atoms with Crippen molar-refractivity contribution in [3.63, 3.8) is 0 Å². The van der Waals surface area contributed by atoms with Gasteiger partial charge in [-0.25, -0.2) is 0 Å². The van der Waals surface area contributed by atoms with E-state index >= 15 is 0 Å². The van der Waals surface area contributed by atoms with Gasteiger partial charge in [-0.15, -0.1) is 0 Å². The minimum absolute atomic E-state index is 0.0295. The van der Waals surface area contributed by atoms with Gasteiger partial charge in [0.1, 0.15) is 0 Å². The van der Waals surface area contributed by atoms with Crippen LogP contribution in [0.5, 0.6) is 0 Å². The fourth-order valence-corrected chi connectivity index (χ4v) is 2.95. The summed E-state index contributed by atoms with van der Waals surface area (Å²) >= 11 is 0. The van der Waals surface area contributed by atoms with E-state index in [4.69, 9.17) is 5.73 Å². The van der Waals surface area contributed by atoms with Crippen molar-refractivity contribution in [3.8, 4) is 11.8 Å². The van der Waals surface area contributed by atoms with Crippen molar-refractivity contribution < 1.29 is 4.79 Å². The molecule has 1 aliphatic carbocycles. The van der Waals surface area contributed by atoms with E-state index in [9.17, 15) is 4.79 Å². The Bertz CT molecular complexity index is 539. The van der Waals surface area contributed by atoms with Crippen LogP contribution in [-0.4, -0.2) is 12.5 Å². The van der Waals surface area contributed by atoms with Crippen LogP contribution in [0.1, 0.15) is 50.3 Å². The maximum Gasteiger partial charge on any atom is 0.223 e. The molecule has 1 saturated carbocycles. The quantitative estimate of drug-likeness (QED) is 0.838. The van der Waals surface area contributed by atoms with Crippen LogP contribution in [0.25, 0.3) is 0 Å². The molecule has 3 unspecified atom stereocenters. The van der Waals surface area contributed by atoms with Gasteiger partial charge in [0.2, 0.25) is 5.91 Å². The van der Waals surface area contributed by atoms with Crippen molar-refractivity contribution in [2.75, 3.05) is 6.54 Å². The van der Waals surface area contributed by atoms with E-state index in [0.717, 1.165) is 17.5 Å². The number of carbonyl (C=O) groups excluding carboxylic acids is 1. The van der Waals surface area contributed by atoms with Gasteiger partial charge < -0.3 is 11.1 Å². The zero-order valence-electron chi connectivity index (χ0n) is 12.9. The average Bonchev–Trinajstić information content (AvgIpc) is 2.91. The molecule has 3 atom stereocenters. The Morgan fingerprint density at radius 2 is 2.10 bits per heavy atom. The Morgan fingerprint density at radius 3 is 2.67 bits per heavy atom. The second kappa shape index (κ2) is 7.28. The van der Waals surface area contributed by atoms with E-state index in [2.05, 4.69) is 24.1 Å². The second-order valence-electron chi connectivity index (χ2n) is 5.87. The first kappa shape index (κ1) is 15.6. The molecular weight excluding hydrogens is 260 g/mol. The molecule has 0 heterocycles. The van der Waals surface area contributed by atoms with Gasteiger partial charge >= 0.3 is 0 Å². The van der Waals surface area contributed by atoms with Gasteiger partial charge in [-0.1, -0.05) is 37.3 Å². The zero-order valence-corrected chi connectivity index (χ0v) is 12.9. The maximum atomic E-state index is 12.3. The third-order valence-corrected chi connectivity index (χ3v) is 4.30. The molecule has 1 aliphatic rings. The summed E-state index contributed by atoms with van der Waals surface area (Å²) in [5.41, 5.74) is 7.41. The molecule has 0 radical (unpaired) electrons. The average molecular weight is 284 g/mol. The standard InChI is InChI=1S/C18H24N2O/c1-13-5-3-7-17(13)18(21)20-14(2)16-10-8-15(9-11-16)6-4-12-19/h8-11,13-14,17H,3,5,7,12,19H2,1-2H3,(H,20,21). The Morgan fingerprint density at radius 1 is 1.38 bits per heavy atom. The molecule has 0 saturated heterocycles. The highest BCUT2D eigenvalue weighted by molar-refractivity contribution is 5.79. The lowest BCUT2D eigenvalue weighted by molar-refractivity contribution is -0.126. The molecule has 0 aromatic heterocycles. The summed E-state index contributed by atoms with van der Waals surface area (Å²) in [6.07, 6.45) is 3.36. The minimum Gasteiger partial charge on any atom is -0.349 e. The number of benzene rings is 1. The number of hydrogen-bond acceptors (Lipinski definition) is 2. The number of rotatable bonds is 3. The summed E-state index contributed by atoms with van der Waals surface area (Å²) in [4.78, 5) is 12.3. The van der Waals surface area contributed by atoms with E-state index in [1.165, 1.54) is 12.8 Å². The molecular formula is C18H24N2O. The summed E-state index contributed by atoms with van der Waals surface area (Å²) in [6, 6.07) is 8.01. The molecule has 2 rings (SSSR count). The minimum atomic E-state index is 0.0295. The first-order valence-corrected chi connectivity index (χ1v) is 7.71. The number of nitrogens with one attached hydrogen (secondary N) is 1. The number of amides is 1. The van der Waals surface area contributed by atoms with Gasteiger partial charge in [-0.05, 0) is 43.4 Å². The second-order valence-corrected chi connectivity index (χ2v) is 5.87. The van der Waals surface area contributed by atoms with Crippen molar-refractivity contribution >= 4 is 5.91 Å². The van der Waals surface area contributed by atoms with Crippen LogP contribution in [-0.2, 0) is 4.79 Å². The smallest absolute Gasteiger partial charge is 0.223 e. The Labute approximate surface area is 127 Å². The topological polar surface area (TPSA) is 55.1 Å². The zero-order chi connectivity index (χ0) is 15.2. The van der Waals surface area contributed by atoms with Gasteiger partial charge in [0.25, 0.3) is 0 Å². The van der Waals surface area contributed by atoms with Crippen LogP contribution in [0.4, 0.5) is 0 Å². The number of nitrogens with two attached hydrogens (primary N) is 1. The summed E-state index contributed by atoms with van der Waals surface area (Å²) < 4.78 is 0. The van der Waals surface area contributed by atoms with E-state index < -0.39 is 0 Å². The normalized spacial score (nSPS) is 22.2. The van der Waals surface area contributed by atoms with Crippen molar-refractivity contribution in [2.45, 2.75) is 39.2 Å². The lowest BCUT2D eigenvalue weighted by Gasteiger charge is -2.20. The molecule has 1 amide bonds. The summed E-state index contributed by atoms with van der Waals surface area (Å²) in [7, 11) is 0. The molecule has 3 N–H and O–H groups in total. The number of hydrogen-bond donors (Lipinski definition) is 2. The summed E-state index contributed by atoms with van der Waals surface area (Å²) in [6.45, 7) is 4.57. The maximum absolute atomic E-state index is 12.3. The highest BCUT2D eigenvalue weighted by Gasteiger charge is 2.30. The van der Waals surface area contributed by atoms with Crippen molar-refractivity contribution in [2.24, 2.45) is 17.6 Å². The lowest BCUT2D eigenvalue weighted by Crippen LogP contribution is -2.33. The molecule has 0 aliphatic heterocycles. The Hall–Kier alpha value is -1.79. The lowest BCUT2D eigenvalue weighted by atomic mass is 9.96. The first-order chi connectivity index (χ1) is 10.1. The fraction of sp³-hybridized carbons (Fsp3) is 0.500. The predicted molar refractivity (Wildman–Crippen MR) is 85.4 cm³/mol.